The van der Waals surface area contributed by atoms with Crippen molar-refractivity contribution in [3.63, 3.8) is 0 Å². The Kier molecular flexibility index (Phi) is 7.80. The van der Waals surface area contributed by atoms with Gasteiger partial charge >= 0.3 is 11.8 Å². The summed E-state index contributed by atoms with van der Waals surface area (Å²) in [6.07, 6.45) is 1.96. The van der Waals surface area contributed by atoms with E-state index in [9.17, 15) is 9.59 Å². The Bertz CT molecular complexity index is 839. The van der Waals surface area contributed by atoms with Gasteiger partial charge in [-0.15, -0.1) is 11.8 Å². The van der Waals surface area contributed by atoms with Gasteiger partial charge in [0.15, 0.2) is 0 Å². The number of amides is 2. The van der Waals surface area contributed by atoms with Gasteiger partial charge < -0.3 is 15.5 Å². The van der Waals surface area contributed by atoms with E-state index < -0.39 is 11.8 Å². The molecule has 29 heavy (non-hydrogen) atoms. The molecule has 0 bridgehead atoms. The van der Waals surface area contributed by atoms with Gasteiger partial charge in [-0.2, -0.15) is 0 Å². The summed E-state index contributed by atoms with van der Waals surface area (Å²) >= 11 is 7.53. The molecule has 2 aromatic carbocycles. The van der Waals surface area contributed by atoms with E-state index in [2.05, 4.69) is 20.4 Å². The molecule has 2 N–H and O–H groups in total. The molecule has 1 heterocycles. The van der Waals surface area contributed by atoms with E-state index in [-0.39, 0.29) is 0 Å². The number of carbonyl (C=O) groups excluding carboxylic acids is 2. The maximum absolute atomic E-state index is 12.1. The van der Waals surface area contributed by atoms with Crippen LogP contribution < -0.4 is 15.5 Å². The highest BCUT2D eigenvalue weighted by molar-refractivity contribution is 7.98. The molecule has 3 rings (SSSR count). The van der Waals surface area contributed by atoms with Gasteiger partial charge in [-0.1, -0.05) is 17.7 Å². The minimum Gasteiger partial charge on any atom is -0.369 e. The number of nitrogens with zero attached hydrogens (tertiary/aromatic N) is 2. The Balaban J connectivity index is 1.37. The number of carbonyl (C=O) groups is 2. The molecule has 0 aromatic heterocycles. The second-order valence-corrected chi connectivity index (χ2v) is 8.06. The number of benzene rings is 2. The van der Waals surface area contributed by atoms with Crippen molar-refractivity contribution >= 4 is 46.6 Å². The molecule has 0 atom stereocenters. The molecule has 2 amide bonds. The monoisotopic (exact) mass is 432 g/mol. The Morgan fingerprint density at radius 1 is 1.03 bits per heavy atom. The van der Waals surface area contributed by atoms with E-state index in [0.29, 0.717) is 12.2 Å². The van der Waals surface area contributed by atoms with Crippen molar-refractivity contribution in [3.8, 4) is 0 Å². The quantitative estimate of drug-likeness (QED) is 0.542. The van der Waals surface area contributed by atoms with Crippen LogP contribution in [0.1, 0.15) is 0 Å². The standard InChI is InChI=1S/C21H25ClN4O2S/c1-29-19-4-2-3-17(15-19)24-21(28)20(27)23-9-10-25-11-13-26(14-12-25)18-7-5-16(22)6-8-18/h2-8,15H,9-14H2,1H3,(H,23,27)(H,24,28). The summed E-state index contributed by atoms with van der Waals surface area (Å²) in [6, 6.07) is 15.3. The molecule has 8 heteroatoms. The Labute approximate surface area is 180 Å². The van der Waals surface area contributed by atoms with Gasteiger partial charge in [-0.25, -0.2) is 0 Å². The lowest BCUT2D eigenvalue weighted by molar-refractivity contribution is -0.136. The van der Waals surface area contributed by atoms with Crippen molar-refractivity contribution in [2.45, 2.75) is 4.90 Å². The summed E-state index contributed by atoms with van der Waals surface area (Å²) in [7, 11) is 0. The number of hydrogen-bond donors (Lipinski definition) is 2. The first-order valence-corrected chi connectivity index (χ1v) is 11.1. The van der Waals surface area contributed by atoms with Gasteiger partial charge in [0.05, 0.1) is 0 Å². The Morgan fingerprint density at radius 2 is 1.76 bits per heavy atom. The maximum Gasteiger partial charge on any atom is 0.313 e. The number of piperazine rings is 1. The summed E-state index contributed by atoms with van der Waals surface area (Å²) in [5.41, 5.74) is 1.79. The first-order valence-electron chi connectivity index (χ1n) is 9.51. The molecule has 0 spiro atoms. The predicted molar refractivity (Wildman–Crippen MR) is 120 cm³/mol. The zero-order chi connectivity index (χ0) is 20.6. The minimum absolute atomic E-state index is 0.443. The topological polar surface area (TPSA) is 64.7 Å². The van der Waals surface area contributed by atoms with Gasteiger partial charge in [0, 0.05) is 60.6 Å². The van der Waals surface area contributed by atoms with Crippen molar-refractivity contribution in [3.05, 3.63) is 53.6 Å². The van der Waals surface area contributed by atoms with E-state index in [1.807, 2.05) is 48.7 Å². The van der Waals surface area contributed by atoms with Crippen LogP contribution in [-0.4, -0.2) is 62.2 Å². The van der Waals surface area contributed by atoms with Crippen molar-refractivity contribution < 1.29 is 9.59 Å². The van der Waals surface area contributed by atoms with E-state index in [4.69, 9.17) is 11.6 Å². The molecule has 1 fully saturated rings. The summed E-state index contributed by atoms with van der Waals surface area (Å²) in [6.45, 7) is 4.81. The molecule has 6 nitrogen and oxygen atoms in total. The molecule has 1 aliphatic heterocycles. The number of anilines is 2. The minimum atomic E-state index is -0.643. The van der Waals surface area contributed by atoms with Crippen molar-refractivity contribution in [1.82, 2.24) is 10.2 Å². The van der Waals surface area contributed by atoms with Crippen LogP contribution in [0.2, 0.25) is 5.02 Å². The summed E-state index contributed by atoms with van der Waals surface area (Å²) in [5, 5.41) is 6.08. The number of nitrogens with one attached hydrogen (secondary N) is 2. The van der Waals surface area contributed by atoms with Gasteiger partial charge in [0.1, 0.15) is 0 Å². The zero-order valence-electron chi connectivity index (χ0n) is 16.4. The Morgan fingerprint density at radius 3 is 2.45 bits per heavy atom. The fourth-order valence-electron chi connectivity index (χ4n) is 3.18. The van der Waals surface area contributed by atoms with Crippen LogP contribution in [0.5, 0.6) is 0 Å². The van der Waals surface area contributed by atoms with Crippen LogP contribution >= 0.6 is 23.4 Å². The summed E-state index contributed by atoms with van der Waals surface area (Å²) in [4.78, 5) is 29.7. The van der Waals surface area contributed by atoms with Gasteiger partial charge in [-0.05, 0) is 48.7 Å². The second-order valence-electron chi connectivity index (χ2n) is 6.75. The number of thioether (sulfide) groups is 1. The number of halogens is 1. The molecule has 0 unspecified atom stereocenters. The number of rotatable bonds is 6. The molecule has 154 valence electrons. The van der Waals surface area contributed by atoms with E-state index >= 15 is 0 Å². The highest BCUT2D eigenvalue weighted by Gasteiger charge is 2.18. The van der Waals surface area contributed by atoms with E-state index in [0.717, 1.165) is 42.6 Å². The van der Waals surface area contributed by atoms with Gasteiger partial charge in [0.25, 0.3) is 0 Å². The average molecular weight is 433 g/mol. The molecule has 2 aromatic rings. The maximum atomic E-state index is 12.1. The first kappa shape index (κ1) is 21.5. The van der Waals surface area contributed by atoms with Crippen LogP contribution in [0.15, 0.2) is 53.4 Å². The molecular weight excluding hydrogens is 408 g/mol. The third-order valence-electron chi connectivity index (χ3n) is 4.81. The SMILES string of the molecule is CSc1cccc(NC(=O)C(=O)NCCN2CCN(c3ccc(Cl)cc3)CC2)c1. The van der Waals surface area contributed by atoms with E-state index in [1.165, 1.54) is 5.69 Å². The zero-order valence-corrected chi connectivity index (χ0v) is 17.9. The molecule has 0 aliphatic carbocycles. The second kappa shape index (κ2) is 10.5. The summed E-state index contributed by atoms with van der Waals surface area (Å²) < 4.78 is 0. The third-order valence-corrected chi connectivity index (χ3v) is 5.79. The third kappa shape index (κ3) is 6.39. The van der Waals surface area contributed by atoms with Crippen molar-refractivity contribution in [2.75, 3.05) is 55.7 Å². The lowest BCUT2D eigenvalue weighted by Gasteiger charge is -2.36. The lowest BCUT2D eigenvalue weighted by Crippen LogP contribution is -2.49. The lowest BCUT2D eigenvalue weighted by atomic mass is 10.2. The average Bonchev–Trinajstić information content (AvgIpc) is 2.75. The highest BCUT2D eigenvalue weighted by Crippen LogP contribution is 2.20. The van der Waals surface area contributed by atoms with E-state index in [1.54, 1.807) is 17.8 Å². The Hall–Kier alpha value is -2.22. The van der Waals surface area contributed by atoms with Crippen LogP contribution in [0.3, 0.4) is 0 Å². The predicted octanol–water partition coefficient (Wildman–Crippen LogP) is 2.94. The fraction of sp³-hybridized carbons (Fsp3) is 0.333. The van der Waals surface area contributed by atoms with Crippen molar-refractivity contribution in [2.24, 2.45) is 0 Å². The van der Waals surface area contributed by atoms with Crippen LogP contribution in [-0.2, 0) is 9.59 Å². The molecule has 1 aliphatic rings. The van der Waals surface area contributed by atoms with Crippen LogP contribution in [0, 0.1) is 0 Å². The smallest absolute Gasteiger partial charge is 0.313 e. The molecule has 0 radical (unpaired) electrons. The molecular formula is C21H25ClN4O2S. The van der Waals surface area contributed by atoms with Crippen LogP contribution in [0.4, 0.5) is 11.4 Å². The normalized spacial score (nSPS) is 14.5. The first-order chi connectivity index (χ1) is 14.0. The van der Waals surface area contributed by atoms with Gasteiger partial charge in [0.2, 0.25) is 0 Å². The van der Waals surface area contributed by atoms with Gasteiger partial charge in [-0.3, -0.25) is 14.5 Å². The largest absolute Gasteiger partial charge is 0.369 e. The molecule has 1 saturated heterocycles. The summed E-state index contributed by atoms with van der Waals surface area (Å²) in [5.74, 6) is -1.25. The fourth-order valence-corrected chi connectivity index (χ4v) is 3.76. The van der Waals surface area contributed by atoms with Crippen molar-refractivity contribution in [1.29, 1.82) is 0 Å². The van der Waals surface area contributed by atoms with Crippen LogP contribution in [0.25, 0.3) is 0 Å². The number of hydrogen-bond acceptors (Lipinski definition) is 5. The molecule has 0 saturated carbocycles. The highest BCUT2D eigenvalue weighted by atomic mass is 35.5.